The summed E-state index contributed by atoms with van der Waals surface area (Å²) in [5, 5.41) is 3.21. The van der Waals surface area contributed by atoms with Crippen molar-refractivity contribution in [2.24, 2.45) is 5.92 Å². The van der Waals surface area contributed by atoms with Gasteiger partial charge in [-0.1, -0.05) is 0 Å². The van der Waals surface area contributed by atoms with Crippen molar-refractivity contribution in [1.82, 2.24) is 9.97 Å². The molecule has 116 valence electrons. The van der Waals surface area contributed by atoms with Crippen LogP contribution in [0.25, 0.3) is 0 Å². The first kappa shape index (κ1) is 14.6. The van der Waals surface area contributed by atoms with E-state index in [1.807, 2.05) is 7.05 Å². The fourth-order valence-corrected chi connectivity index (χ4v) is 3.09. The molecule has 1 aromatic heterocycles. The summed E-state index contributed by atoms with van der Waals surface area (Å²) in [7, 11) is 4.07. The summed E-state index contributed by atoms with van der Waals surface area (Å²) in [6.45, 7) is 4.90. The smallest absolute Gasteiger partial charge is 0.137 e. The maximum Gasteiger partial charge on any atom is 0.137 e. The average molecular weight is 290 g/mol. The van der Waals surface area contributed by atoms with Crippen molar-refractivity contribution < 1.29 is 4.74 Å². The molecular weight excluding hydrogens is 264 g/mol. The van der Waals surface area contributed by atoms with Crippen molar-refractivity contribution in [2.75, 3.05) is 44.1 Å². The number of nitrogens with one attached hydrogen (secondary N) is 1. The van der Waals surface area contributed by atoms with Crippen LogP contribution in [0.4, 0.5) is 11.6 Å². The Labute approximate surface area is 127 Å². The highest BCUT2D eigenvalue weighted by Crippen LogP contribution is 2.40. The Morgan fingerprint density at radius 2 is 2.10 bits per heavy atom. The Morgan fingerprint density at radius 1 is 1.29 bits per heavy atom. The Kier molecular flexibility index (Phi) is 4.29. The number of anilines is 2. The highest BCUT2D eigenvalue weighted by Gasteiger charge is 2.29. The predicted molar refractivity (Wildman–Crippen MR) is 85.1 cm³/mol. The van der Waals surface area contributed by atoms with E-state index in [2.05, 4.69) is 29.2 Å². The second-order valence-corrected chi connectivity index (χ2v) is 6.37. The predicted octanol–water partition coefficient (Wildman–Crippen LogP) is 2.57. The van der Waals surface area contributed by atoms with Crippen LogP contribution in [0.1, 0.15) is 43.0 Å². The molecule has 2 aliphatic rings. The topological polar surface area (TPSA) is 50.3 Å². The summed E-state index contributed by atoms with van der Waals surface area (Å²) in [6.07, 6.45) is 4.89. The minimum Gasteiger partial charge on any atom is -0.381 e. The van der Waals surface area contributed by atoms with Crippen molar-refractivity contribution in [1.29, 1.82) is 0 Å². The quantitative estimate of drug-likeness (QED) is 0.903. The third-order valence-corrected chi connectivity index (χ3v) is 4.46. The maximum atomic E-state index is 5.59. The van der Waals surface area contributed by atoms with Crippen LogP contribution in [0, 0.1) is 12.8 Å². The van der Waals surface area contributed by atoms with E-state index in [1.165, 1.54) is 25.7 Å². The summed E-state index contributed by atoms with van der Waals surface area (Å²) in [5.41, 5.74) is 1.14. The molecule has 1 saturated heterocycles. The minimum absolute atomic E-state index is 0.572. The summed E-state index contributed by atoms with van der Waals surface area (Å²) in [4.78, 5) is 11.8. The van der Waals surface area contributed by atoms with Gasteiger partial charge in [-0.3, -0.25) is 0 Å². The van der Waals surface area contributed by atoms with Gasteiger partial charge < -0.3 is 15.0 Å². The fourth-order valence-electron chi connectivity index (χ4n) is 3.09. The maximum absolute atomic E-state index is 5.59. The molecule has 21 heavy (non-hydrogen) atoms. The van der Waals surface area contributed by atoms with E-state index in [4.69, 9.17) is 9.72 Å². The number of ether oxygens (including phenoxy) is 1. The number of rotatable bonds is 5. The summed E-state index contributed by atoms with van der Waals surface area (Å²) < 4.78 is 5.59. The van der Waals surface area contributed by atoms with Crippen molar-refractivity contribution in [2.45, 2.75) is 38.5 Å². The Morgan fingerprint density at radius 3 is 2.71 bits per heavy atom. The first-order valence-electron chi connectivity index (χ1n) is 8.04. The second-order valence-electron chi connectivity index (χ2n) is 6.37. The van der Waals surface area contributed by atoms with Crippen LogP contribution in [0.15, 0.2) is 0 Å². The summed E-state index contributed by atoms with van der Waals surface area (Å²) in [6, 6.07) is 0. The molecule has 0 bridgehead atoms. The molecule has 1 N–H and O–H groups in total. The molecule has 2 heterocycles. The SMILES string of the molecule is CNc1nc(C2CC2)nc(N(C)CC2CCCOC2)c1C. The van der Waals surface area contributed by atoms with E-state index in [-0.39, 0.29) is 0 Å². The van der Waals surface area contributed by atoms with Crippen molar-refractivity contribution in [3.05, 3.63) is 11.4 Å². The van der Waals surface area contributed by atoms with Crippen LogP contribution >= 0.6 is 0 Å². The van der Waals surface area contributed by atoms with Gasteiger partial charge in [0.1, 0.15) is 17.5 Å². The van der Waals surface area contributed by atoms with Crippen molar-refractivity contribution in [3.8, 4) is 0 Å². The van der Waals surface area contributed by atoms with E-state index in [0.29, 0.717) is 11.8 Å². The van der Waals surface area contributed by atoms with Gasteiger partial charge in [-0.25, -0.2) is 9.97 Å². The third-order valence-electron chi connectivity index (χ3n) is 4.46. The molecule has 1 saturated carbocycles. The third kappa shape index (κ3) is 3.28. The molecule has 0 spiro atoms. The van der Waals surface area contributed by atoms with Gasteiger partial charge in [0.05, 0.1) is 6.61 Å². The van der Waals surface area contributed by atoms with E-state index >= 15 is 0 Å². The zero-order valence-electron chi connectivity index (χ0n) is 13.4. The molecule has 1 unspecified atom stereocenters. The number of aromatic nitrogens is 2. The van der Waals surface area contributed by atoms with Gasteiger partial charge in [0.15, 0.2) is 0 Å². The first-order valence-corrected chi connectivity index (χ1v) is 8.04. The molecule has 2 fully saturated rings. The summed E-state index contributed by atoms with van der Waals surface area (Å²) >= 11 is 0. The largest absolute Gasteiger partial charge is 0.381 e. The zero-order chi connectivity index (χ0) is 14.8. The first-order chi connectivity index (χ1) is 10.2. The number of hydrogen-bond donors (Lipinski definition) is 1. The molecule has 1 aliphatic carbocycles. The highest BCUT2D eigenvalue weighted by atomic mass is 16.5. The number of hydrogen-bond acceptors (Lipinski definition) is 5. The molecule has 1 aromatic rings. The van der Waals surface area contributed by atoms with Crippen LogP contribution in [0.2, 0.25) is 0 Å². The van der Waals surface area contributed by atoms with Gasteiger partial charge in [-0.15, -0.1) is 0 Å². The van der Waals surface area contributed by atoms with E-state index < -0.39 is 0 Å². The average Bonchev–Trinajstić information content (AvgIpc) is 3.33. The normalized spacial score (nSPS) is 22.1. The standard InChI is InChI=1S/C16H26N4O/c1-11-14(17-2)18-15(13-6-7-13)19-16(11)20(3)9-12-5-4-8-21-10-12/h12-13H,4-10H2,1-3H3,(H,17,18,19). The van der Waals surface area contributed by atoms with Gasteiger partial charge in [0.25, 0.3) is 0 Å². The van der Waals surface area contributed by atoms with E-state index in [9.17, 15) is 0 Å². The molecular formula is C16H26N4O. The number of nitrogens with zero attached hydrogens (tertiary/aromatic N) is 3. The molecule has 0 aromatic carbocycles. The minimum atomic E-state index is 0.572. The fraction of sp³-hybridized carbons (Fsp3) is 0.750. The molecule has 5 heteroatoms. The zero-order valence-corrected chi connectivity index (χ0v) is 13.4. The van der Waals surface area contributed by atoms with Gasteiger partial charge >= 0.3 is 0 Å². The van der Waals surface area contributed by atoms with Gasteiger partial charge in [0.2, 0.25) is 0 Å². The Hall–Kier alpha value is -1.36. The molecule has 0 amide bonds. The molecule has 3 rings (SSSR count). The van der Waals surface area contributed by atoms with Gasteiger partial charge in [-0.05, 0) is 38.5 Å². The van der Waals surface area contributed by atoms with E-state index in [1.54, 1.807) is 0 Å². The lowest BCUT2D eigenvalue weighted by molar-refractivity contribution is 0.0576. The van der Waals surface area contributed by atoms with Crippen LogP contribution < -0.4 is 10.2 Å². The molecule has 1 atom stereocenters. The van der Waals surface area contributed by atoms with Gasteiger partial charge in [-0.2, -0.15) is 0 Å². The van der Waals surface area contributed by atoms with Crippen molar-refractivity contribution >= 4 is 11.6 Å². The lowest BCUT2D eigenvalue weighted by atomic mass is 10.0. The second kappa shape index (κ2) is 6.18. The Balaban J connectivity index is 1.79. The van der Waals surface area contributed by atoms with Gasteiger partial charge in [0, 0.05) is 38.7 Å². The monoisotopic (exact) mass is 290 g/mol. The molecule has 0 radical (unpaired) electrons. The van der Waals surface area contributed by atoms with Crippen LogP contribution in [-0.2, 0) is 4.74 Å². The lowest BCUT2D eigenvalue weighted by Crippen LogP contribution is -2.32. The van der Waals surface area contributed by atoms with Crippen LogP contribution in [0.3, 0.4) is 0 Å². The van der Waals surface area contributed by atoms with E-state index in [0.717, 1.165) is 42.8 Å². The van der Waals surface area contributed by atoms with Crippen molar-refractivity contribution in [3.63, 3.8) is 0 Å². The van der Waals surface area contributed by atoms with Crippen LogP contribution in [0.5, 0.6) is 0 Å². The van der Waals surface area contributed by atoms with Crippen LogP contribution in [-0.4, -0.2) is 43.8 Å². The molecule has 5 nitrogen and oxygen atoms in total. The molecule has 1 aliphatic heterocycles. The highest BCUT2D eigenvalue weighted by molar-refractivity contribution is 5.58. The summed E-state index contributed by atoms with van der Waals surface area (Å²) in [5.74, 6) is 4.23. The Bertz CT molecular complexity index is 495. The lowest BCUT2D eigenvalue weighted by Gasteiger charge is -2.29.